The molecular weight excluding hydrogens is 272 g/mol. The maximum Gasteiger partial charge on any atom is 0.0449 e. The molecule has 2 aromatic rings. The molecule has 0 amide bonds. The molecule has 0 aromatic heterocycles. The standard InChI is InChI=1S/C20H22S/c1-3-5-17-6-8-18(9-7-17)12-15-20(21)19-13-10-16(4-2)11-14-19/h6-15H,3-5H2,1-2H3. The Morgan fingerprint density at radius 3 is 2.10 bits per heavy atom. The fourth-order valence-corrected chi connectivity index (χ4v) is 2.46. The van der Waals surface area contributed by atoms with Gasteiger partial charge in [0, 0.05) is 4.86 Å². The monoisotopic (exact) mass is 294 g/mol. The van der Waals surface area contributed by atoms with Crippen LogP contribution in [0.3, 0.4) is 0 Å². The SMILES string of the molecule is CCCc1ccc(C=CC(=S)c2ccc(CC)cc2)cc1. The van der Waals surface area contributed by atoms with Crippen LogP contribution in [0, 0.1) is 0 Å². The van der Waals surface area contributed by atoms with Crippen LogP contribution in [0.4, 0.5) is 0 Å². The van der Waals surface area contributed by atoms with E-state index in [0.717, 1.165) is 23.3 Å². The van der Waals surface area contributed by atoms with Gasteiger partial charge in [-0.2, -0.15) is 0 Å². The minimum atomic E-state index is 0.885. The summed E-state index contributed by atoms with van der Waals surface area (Å²) in [5.41, 5.74) is 5.05. The Labute approximate surface area is 133 Å². The summed E-state index contributed by atoms with van der Waals surface area (Å²) in [6.07, 6.45) is 7.50. The zero-order valence-electron chi connectivity index (χ0n) is 12.8. The molecule has 0 unspecified atom stereocenters. The maximum absolute atomic E-state index is 5.48. The van der Waals surface area contributed by atoms with Crippen molar-refractivity contribution >= 4 is 23.2 Å². The molecule has 1 heteroatoms. The van der Waals surface area contributed by atoms with Crippen molar-refractivity contribution < 1.29 is 0 Å². The molecule has 0 aliphatic carbocycles. The Morgan fingerprint density at radius 1 is 0.905 bits per heavy atom. The van der Waals surface area contributed by atoms with Gasteiger partial charge in [0.1, 0.15) is 0 Å². The lowest BCUT2D eigenvalue weighted by Gasteiger charge is -2.02. The second-order valence-electron chi connectivity index (χ2n) is 5.24. The van der Waals surface area contributed by atoms with Crippen LogP contribution in [0.15, 0.2) is 54.6 Å². The quantitative estimate of drug-likeness (QED) is 0.378. The highest BCUT2D eigenvalue weighted by atomic mass is 32.1. The first-order chi connectivity index (χ1) is 10.2. The normalized spacial score (nSPS) is 11.0. The van der Waals surface area contributed by atoms with E-state index in [-0.39, 0.29) is 0 Å². The number of allylic oxidation sites excluding steroid dienone is 1. The molecule has 2 rings (SSSR count). The van der Waals surface area contributed by atoms with Gasteiger partial charge in [0.15, 0.2) is 0 Å². The molecule has 21 heavy (non-hydrogen) atoms. The van der Waals surface area contributed by atoms with E-state index in [9.17, 15) is 0 Å². The van der Waals surface area contributed by atoms with Crippen molar-refractivity contribution in [3.63, 3.8) is 0 Å². The number of benzene rings is 2. The first-order valence-corrected chi connectivity index (χ1v) is 8.04. The van der Waals surface area contributed by atoms with E-state index < -0.39 is 0 Å². The van der Waals surface area contributed by atoms with Gasteiger partial charge in [-0.25, -0.2) is 0 Å². The fraction of sp³-hybridized carbons (Fsp3) is 0.250. The van der Waals surface area contributed by atoms with Crippen LogP contribution in [0.1, 0.15) is 42.5 Å². The van der Waals surface area contributed by atoms with Crippen LogP contribution in [0.2, 0.25) is 0 Å². The number of hydrogen-bond acceptors (Lipinski definition) is 1. The Kier molecular flexibility index (Phi) is 5.89. The lowest BCUT2D eigenvalue weighted by atomic mass is 10.1. The van der Waals surface area contributed by atoms with Crippen molar-refractivity contribution in [3.05, 3.63) is 76.9 Å². The van der Waals surface area contributed by atoms with Crippen LogP contribution in [0.5, 0.6) is 0 Å². The summed E-state index contributed by atoms with van der Waals surface area (Å²) in [4.78, 5) is 0.885. The third-order valence-electron chi connectivity index (χ3n) is 3.59. The van der Waals surface area contributed by atoms with Crippen molar-refractivity contribution in [3.8, 4) is 0 Å². The van der Waals surface area contributed by atoms with Gasteiger partial charge in [-0.3, -0.25) is 0 Å². The van der Waals surface area contributed by atoms with Crippen LogP contribution in [0.25, 0.3) is 6.08 Å². The van der Waals surface area contributed by atoms with E-state index in [2.05, 4.69) is 68.5 Å². The third-order valence-corrected chi connectivity index (χ3v) is 3.96. The average molecular weight is 294 g/mol. The molecule has 0 fully saturated rings. The maximum atomic E-state index is 5.48. The number of rotatable bonds is 6. The summed E-state index contributed by atoms with van der Waals surface area (Å²) in [5.74, 6) is 0. The van der Waals surface area contributed by atoms with E-state index in [0.29, 0.717) is 0 Å². The van der Waals surface area contributed by atoms with Crippen molar-refractivity contribution in [2.45, 2.75) is 33.1 Å². The largest absolute Gasteiger partial charge is 0.0795 e. The lowest BCUT2D eigenvalue weighted by Crippen LogP contribution is -1.92. The number of aryl methyl sites for hydroxylation is 2. The van der Waals surface area contributed by atoms with Crippen molar-refractivity contribution in [2.75, 3.05) is 0 Å². The topological polar surface area (TPSA) is 0 Å². The average Bonchev–Trinajstić information content (AvgIpc) is 2.54. The summed E-state index contributed by atoms with van der Waals surface area (Å²) >= 11 is 5.48. The van der Waals surface area contributed by atoms with Crippen LogP contribution < -0.4 is 0 Å². The second-order valence-corrected chi connectivity index (χ2v) is 5.68. The van der Waals surface area contributed by atoms with E-state index in [4.69, 9.17) is 12.2 Å². The van der Waals surface area contributed by atoms with Gasteiger partial charge in [-0.15, -0.1) is 0 Å². The summed E-state index contributed by atoms with van der Waals surface area (Å²) in [7, 11) is 0. The molecule has 108 valence electrons. The third kappa shape index (κ3) is 4.64. The summed E-state index contributed by atoms with van der Waals surface area (Å²) in [6.45, 7) is 4.37. The van der Waals surface area contributed by atoms with Gasteiger partial charge >= 0.3 is 0 Å². The van der Waals surface area contributed by atoms with Crippen molar-refractivity contribution in [1.82, 2.24) is 0 Å². The van der Waals surface area contributed by atoms with Gasteiger partial charge in [0.2, 0.25) is 0 Å². The van der Waals surface area contributed by atoms with Gasteiger partial charge in [-0.05, 0) is 41.2 Å². The Hall–Kier alpha value is -1.73. The molecule has 0 saturated heterocycles. The van der Waals surface area contributed by atoms with Gasteiger partial charge in [0.25, 0.3) is 0 Å². The molecule has 0 aliphatic heterocycles. The predicted octanol–water partition coefficient (Wildman–Crippen LogP) is 5.63. The van der Waals surface area contributed by atoms with E-state index in [1.807, 2.05) is 6.08 Å². The summed E-state index contributed by atoms with van der Waals surface area (Å²) < 4.78 is 0. The Bertz CT molecular complexity index is 603. The molecule has 0 spiro atoms. The minimum Gasteiger partial charge on any atom is -0.0795 e. The smallest absolute Gasteiger partial charge is 0.0449 e. The zero-order chi connectivity index (χ0) is 15.1. The highest BCUT2D eigenvalue weighted by Gasteiger charge is 1.98. The Balaban J connectivity index is 2.03. The molecule has 0 atom stereocenters. The van der Waals surface area contributed by atoms with E-state index in [1.54, 1.807) is 0 Å². The molecule has 0 aliphatic rings. The molecule has 0 radical (unpaired) electrons. The molecular formula is C20H22S. The van der Waals surface area contributed by atoms with Crippen LogP contribution in [-0.4, -0.2) is 4.86 Å². The lowest BCUT2D eigenvalue weighted by molar-refractivity contribution is 0.922. The van der Waals surface area contributed by atoms with E-state index in [1.165, 1.54) is 23.1 Å². The summed E-state index contributed by atoms with van der Waals surface area (Å²) in [6, 6.07) is 17.2. The summed E-state index contributed by atoms with van der Waals surface area (Å²) in [5, 5.41) is 0. The molecule has 0 nitrogen and oxygen atoms in total. The molecule has 0 N–H and O–H groups in total. The van der Waals surface area contributed by atoms with Crippen LogP contribution in [-0.2, 0) is 12.8 Å². The fourth-order valence-electron chi connectivity index (χ4n) is 2.26. The van der Waals surface area contributed by atoms with Gasteiger partial charge in [0.05, 0.1) is 0 Å². The van der Waals surface area contributed by atoms with Crippen LogP contribution >= 0.6 is 12.2 Å². The highest BCUT2D eigenvalue weighted by Crippen LogP contribution is 2.11. The van der Waals surface area contributed by atoms with Crippen molar-refractivity contribution in [1.29, 1.82) is 0 Å². The number of thiocarbonyl (C=S) groups is 1. The highest BCUT2D eigenvalue weighted by molar-refractivity contribution is 7.81. The molecule has 2 aromatic carbocycles. The van der Waals surface area contributed by atoms with Gasteiger partial charge < -0.3 is 0 Å². The minimum absolute atomic E-state index is 0.885. The second kappa shape index (κ2) is 7.90. The van der Waals surface area contributed by atoms with Crippen molar-refractivity contribution in [2.24, 2.45) is 0 Å². The molecule has 0 bridgehead atoms. The first kappa shape index (κ1) is 15.7. The van der Waals surface area contributed by atoms with E-state index >= 15 is 0 Å². The van der Waals surface area contributed by atoms with Gasteiger partial charge in [-0.1, -0.05) is 87.1 Å². The first-order valence-electron chi connectivity index (χ1n) is 7.63. The zero-order valence-corrected chi connectivity index (χ0v) is 13.6. The Morgan fingerprint density at radius 2 is 1.52 bits per heavy atom. The predicted molar refractivity (Wildman–Crippen MR) is 97.0 cm³/mol. The molecule has 0 heterocycles. The number of hydrogen-bond donors (Lipinski definition) is 0. The molecule has 0 saturated carbocycles.